The van der Waals surface area contributed by atoms with Crippen LogP contribution in [0.5, 0.6) is 0 Å². The minimum absolute atomic E-state index is 0.133. The Balaban J connectivity index is 1.75. The van der Waals surface area contributed by atoms with Gasteiger partial charge in [0.2, 0.25) is 0 Å². The normalized spacial score (nSPS) is 16.2. The number of para-hydroxylation sites is 1. The van der Waals surface area contributed by atoms with Gasteiger partial charge in [0, 0.05) is 18.8 Å². The number of likely N-dealkylation sites (tertiary alicyclic amines) is 1. The van der Waals surface area contributed by atoms with Crippen molar-refractivity contribution in [3.8, 4) is 5.69 Å². The largest absolute Gasteiger partial charge is 0.448 e. The molecule has 2 heterocycles. The number of esters is 1. The second-order valence-corrected chi connectivity index (χ2v) is 7.63. The molecule has 0 saturated carbocycles. The summed E-state index contributed by atoms with van der Waals surface area (Å²) in [5.74, 6) is -0.0407. The maximum absolute atomic E-state index is 12.8. The van der Waals surface area contributed by atoms with Crippen molar-refractivity contribution in [3.63, 3.8) is 0 Å². The molecule has 0 unspecified atom stereocenters. The van der Waals surface area contributed by atoms with Crippen LogP contribution in [0, 0.1) is 5.92 Å². The van der Waals surface area contributed by atoms with Crippen LogP contribution < -0.4 is 0 Å². The molecular weight excluding hydrogens is 362 g/mol. The Morgan fingerprint density at radius 1 is 1.22 bits per heavy atom. The molecule has 2 aromatic rings. The SMILES string of the molecule is CSc1ncc(C(=O)O[C@@H](C)C(=O)N2CCC(C)CC2)n1-c1ccccc1. The van der Waals surface area contributed by atoms with Crippen LogP contribution in [0.2, 0.25) is 0 Å². The number of nitrogens with zero attached hydrogens (tertiary/aromatic N) is 3. The van der Waals surface area contributed by atoms with Crippen molar-refractivity contribution in [1.82, 2.24) is 14.5 Å². The zero-order chi connectivity index (χ0) is 19.4. The van der Waals surface area contributed by atoms with Crippen molar-refractivity contribution < 1.29 is 14.3 Å². The van der Waals surface area contributed by atoms with Gasteiger partial charge in [0.25, 0.3) is 5.91 Å². The summed E-state index contributed by atoms with van der Waals surface area (Å²) in [7, 11) is 0. The Morgan fingerprint density at radius 3 is 2.52 bits per heavy atom. The number of hydrogen-bond donors (Lipinski definition) is 0. The third-order valence-electron chi connectivity index (χ3n) is 4.86. The summed E-state index contributed by atoms with van der Waals surface area (Å²) in [5.41, 5.74) is 1.15. The molecule has 0 bridgehead atoms. The lowest BCUT2D eigenvalue weighted by Crippen LogP contribution is -2.44. The summed E-state index contributed by atoms with van der Waals surface area (Å²) in [6.07, 6.45) is 4.57. The Kier molecular flexibility index (Phi) is 6.21. The van der Waals surface area contributed by atoms with Gasteiger partial charge < -0.3 is 9.64 Å². The quantitative estimate of drug-likeness (QED) is 0.581. The van der Waals surface area contributed by atoms with Gasteiger partial charge in [-0.3, -0.25) is 9.36 Å². The molecule has 0 spiro atoms. The second-order valence-electron chi connectivity index (χ2n) is 6.86. The van der Waals surface area contributed by atoms with E-state index in [1.54, 1.807) is 16.4 Å². The van der Waals surface area contributed by atoms with E-state index in [1.165, 1.54) is 18.0 Å². The van der Waals surface area contributed by atoms with E-state index in [1.807, 2.05) is 36.6 Å². The molecule has 1 aliphatic rings. The highest BCUT2D eigenvalue weighted by Gasteiger charge is 2.28. The van der Waals surface area contributed by atoms with Crippen molar-refractivity contribution in [3.05, 3.63) is 42.2 Å². The molecule has 1 aromatic carbocycles. The van der Waals surface area contributed by atoms with Crippen LogP contribution in [0.25, 0.3) is 5.69 Å². The first-order valence-electron chi connectivity index (χ1n) is 9.18. The number of imidazole rings is 1. The number of benzene rings is 1. The minimum Gasteiger partial charge on any atom is -0.448 e. The zero-order valence-electron chi connectivity index (χ0n) is 15.9. The fourth-order valence-corrected chi connectivity index (χ4v) is 3.75. The molecule has 1 amide bonds. The molecule has 0 aliphatic carbocycles. The number of carbonyl (C=O) groups is 2. The summed E-state index contributed by atoms with van der Waals surface area (Å²) < 4.78 is 7.25. The molecule has 144 valence electrons. The number of aromatic nitrogens is 2. The summed E-state index contributed by atoms with van der Waals surface area (Å²) in [4.78, 5) is 31.5. The van der Waals surface area contributed by atoms with Crippen LogP contribution >= 0.6 is 11.8 Å². The van der Waals surface area contributed by atoms with E-state index in [0.717, 1.165) is 31.6 Å². The monoisotopic (exact) mass is 387 g/mol. The first-order chi connectivity index (χ1) is 13.0. The second kappa shape index (κ2) is 8.61. The Labute approximate surface area is 163 Å². The van der Waals surface area contributed by atoms with E-state index in [2.05, 4.69) is 11.9 Å². The highest BCUT2D eigenvalue weighted by molar-refractivity contribution is 7.98. The standard InChI is InChI=1S/C20H25N3O3S/c1-14-9-11-22(12-10-14)18(24)15(2)26-19(25)17-13-21-20(27-3)23(17)16-7-5-4-6-8-16/h4-8,13-15H,9-12H2,1-3H3/t15-/m0/s1. The maximum Gasteiger partial charge on any atom is 0.357 e. The molecule has 1 fully saturated rings. The predicted molar refractivity (Wildman–Crippen MR) is 105 cm³/mol. The first-order valence-corrected chi connectivity index (χ1v) is 10.4. The Hall–Kier alpha value is -2.28. The summed E-state index contributed by atoms with van der Waals surface area (Å²) in [6, 6.07) is 9.52. The fraction of sp³-hybridized carbons (Fsp3) is 0.450. The van der Waals surface area contributed by atoms with Gasteiger partial charge in [-0.15, -0.1) is 0 Å². The van der Waals surface area contributed by atoms with Crippen LogP contribution in [-0.4, -0.2) is 51.8 Å². The van der Waals surface area contributed by atoms with Gasteiger partial charge in [0.05, 0.1) is 6.20 Å². The third-order valence-corrected chi connectivity index (χ3v) is 5.52. The Bertz CT molecular complexity index is 798. The van der Waals surface area contributed by atoms with E-state index < -0.39 is 12.1 Å². The molecule has 6 nitrogen and oxygen atoms in total. The predicted octanol–water partition coefficient (Wildman–Crippen LogP) is 3.40. The number of piperidine rings is 1. The molecule has 1 atom stereocenters. The van der Waals surface area contributed by atoms with Gasteiger partial charge in [-0.25, -0.2) is 9.78 Å². The Morgan fingerprint density at radius 2 is 1.89 bits per heavy atom. The van der Waals surface area contributed by atoms with E-state index in [0.29, 0.717) is 16.8 Å². The third kappa shape index (κ3) is 4.35. The number of rotatable bonds is 5. The summed E-state index contributed by atoms with van der Waals surface area (Å²) in [6.45, 7) is 5.28. The van der Waals surface area contributed by atoms with Gasteiger partial charge >= 0.3 is 5.97 Å². The summed E-state index contributed by atoms with van der Waals surface area (Å²) in [5, 5.41) is 0.692. The topological polar surface area (TPSA) is 64.4 Å². The van der Waals surface area contributed by atoms with Crippen molar-refractivity contribution in [2.45, 2.75) is 37.9 Å². The lowest BCUT2D eigenvalue weighted by atomic mass is 9.99. The molecule has 27 heavy (non-hydrogen) atoms. The smallest absolute Gasteiger partial charge is 0.357 e. The number of hydrogen-bond acceptors (Lipinski definition) is 5. The van der Waals surface area contributed by atoms with Crippen LogP contribution in [0.15, 0.2) is 41.7 Å². The summed E-state index contributed by atoms with van der Waals surface area (Å²) >= 11 is 1.45. The van der Waals surface area contributed by atoms with E-state index in [9.17, 15) is 9.59 Å². The number of thioether (sulfide) groups is 1. The average molecular weight is 388 g/mol. The van der Waals surface area contributed by atoms with Crippen LogP contribution in [0.1, 0.15) is 37.2 Å². The average Bonchev–Trinajstić information content (AvgIpc) is 3.13. The number of amides is 1. The van der Waals surface area contributed by atoms with Crippen molar-refractivity contribution >= 4 is 23.6 Å². The maximum atomic E-state index is 12.8. The van der Waals surface area contributed by atoms with Crippen molar-refractivity contribution in [1.29, 1.82) is 0 Å². The van der Waals surface area contributed by atoms with Gasteiger partial charge in [-0.05, 0) is 44.1 Å². The van der Waals surface area contributed by atoms with Crippen molar-refractivity contribution in [2.24, 2.45) is 5.92 Å². The lowest BCUT2D eigenvalue weighted by Gasteiger charge is -2.31. The van der Waals surface area contributed by atoms with Gasteiger partial charge in [-0.1, -0.05) is 36.9 Å². The van der Waals surface area contributed by atoms with Gasteiger partial charge in [0.1, 0.15) is 0 Å². The number of ether oxygens (including phenoxy) is 1. The molecule has 1 saturated heterocycles. The van der Waals surface area contributed by atoms with Gasteiger partial charge in [0.15, 0.2) is 17.0 Å². The molecule has 0 N–H and O–H groups in total. The van der Waals surface area contributed by atoms with E-state index in [-0.39, 0.29) is 5.91 Å². The first kappa shape index (κ1) is 19.5. The van der Waals surface area contributed by atoms with E-state index in [4.69, 9.17) is 4.74 Å². The zero-order valence-corrected chi connectivity index (χ0v) is 16.7. The number of carbonyl (C=O) groups excluding carboxylic acids is 2. The molecule has 3 rings (SSSR count). The molecule has 1 aliphatic heterocycles. The highest BCUT2D eigenvalue weighted by atomic mass is 32.2. The lowest BCUT2D eigenvalue weighted by molar-refractivity contribution is -0.141. The molecule has 7 heteroatoms. The van der Waals surface area contributed by atoms with Crippen LogP contribution in [-0.2, 0) is 9.53 Å². The van der Waals surface area contributed by atoms with Crippen LogP contribution in [0.4, 0.5) is 0 Å². The van der Waals surface area contributed by atoms with Crippen molar-refractivity contribution in [2.75, 3.05) is 19.3 Å². The molecular formula is C20H25N3O3S. The molecule has 0 radical (unpaired) electrons. The highest BCUT2D eigenvalue weighted by Crippen LogP contribution is 2.23. The fourth-order valence-electron chi connectivity index (χ4n) is 3.21. The minimum atomic E-state index is -0.817. The van der Waals surface area contributed by atoms with Gasteiger partial charge in [-0.2, -0.15) is 0 Å². The van der Waals surface area contributed by atoms with Crippen LogP contribution in [0.3, 0.4) is 0 Å². The molecule has 1 aromatic heterocycles. The van der Waals surface area contributed by atoms with E-state index >= 15 is 0 Å².